The van der Waals surface area contributed by atoms with Gasteiger partial charge in [0.1, 0.15) is 12.2 Å². The molecule has 80 valence electrons. The van der Waals surface area contributed by atoms with Crippen molar-refractivity contribution in [3.8, 4) is 0 Å². The molecule has 3 atom stereocenters. The zero-order valence-corrected chi connectivity index (χ0v) is 7.33. The first kappa shape index (κ1) is 11.0. The lowest BCUT2D eigenvalue weighted by Crippen LogP contribution is -2.38. The van der Waals surface area contributed by atoms with Crippen molar-refractivity contribution in [3.63, 3.8) is 0 Å². The third-order valence-electron chi connectivity index (χ3n) is 1.92. The Morgan fingerprint density at radius 2 is 2.36 bits per heavy atom. The van der Waals surface area contributed by atoms with Crippen LogP contribution in [0.1, 0.15) is 6.42 Å². The van der Waals surface area contributed by atoms with Gasteiger partial charge in [0.25, 0.3) is 0 Å². The monoisotopic (exact) mass is 204 g/mol. The molecule has 0 bridgehead atoms. The van der Waals surface area contributed by atoms with Crippen LogP contribution in [0.25, 0.3) is 0 Å². The highest BCUT2D eigenvalue weighted by molar-refractivity contribution is 5.84. The van der Waals surface area contributed by atoms with Gasteiger partial charge in [-0.1, -0.05) is 0 Å². The summed E-state index contributed by atoms with van der Waals surface area (Å²) in [6.07, 6.45) is -1.92. The summed E-state index contributed by atoms with van der Waals surface area (Å²) < 4.78 is 4.86. The minimum absolute atomic E-state index is 0.0680. The quantitative estimate of drug-likeness (QED) is 0.443. The Bertz CT molecular complexity index is 248. The first-order chi connectivity index (χ1) is 6.54. The van der Waals surface area contributed by atoms with Crippen LogP contribution < -0.4 is 0 Å². The summed E-state index contributed by atoms with van der Waals surface area (Å²) in [6, 6.07) is 0. The maximum Gasteiger partial charge on any atom is 0.370 e. The van der Waals surface area contributed by atoms with E-state index in [1.54, 1.807) is 0 Å². The molecule has 1 unspecified atom stereocenters. The third kappa shape index (κ3) is 2.44. The van der Waals surface area contributed by atoms with E-state index in [2.05, 4.69) is 0 Å². The smallest absolute Gasteiger partial charge is 0.370 e. The molecule has 0 saturated carbocycles. The second-order valence-corrected chi connectivity index (χ2v) is 3.05. The molecule has 0 aromatic carbocycles. The van der Waals surface area contributed by atoms with E-state index in [0.717, 1.165) is 6.08 Å². The van der Waals surface area contributed by atoms with Gasteiger partial charge in [0.2, 0.25) is 5.76 Å². The number of aliphatic carboxylic acids is 1. The molecule has 14 heavy (non-hydrogen) atoms. The molecular weight excluding hydrogens is 192 g/mol. The van der Waals surface area contributed by atoms with Crippen molar-refractivity contribution in [1.82, 2.24) is 0 Å². The zero-order chi connectivity index (χ0) is 10.7. The molecule has 0 aliphatic carbocycles. The molecule has 0 radical (unpaired) electrons. The summed E-state index contributed by atoms with van der Waals surface area (Å²) in [7, 11) is 0. The molecule has 1 aliphatic heterocycles. The fraction of sp³-hybridized carbons (Fsp3) is 0.625. The number of aliphatic hydroxyl groups is 3. The molecule has 0 aromatic heterocycles. The van der Waals surface area contributed by atoms with Crippen molar-refractivity contribution in [1.29, 1.82) is 0 Å². The second kappa shape index (κ2) is 4.41. The molecule has 0 fully saturated rings. The summed E-state index contributed by atoms with van der Waals surface area (Å²) in [5, 5.41) is 35.6. The molecule has 4 N–H and O–H groups in total. The standard InChI is InChI=1S/C8H12O6/c9-3-5(11)6-1-4(10)2-7(14-6)8(12)13/h2,4-6,9-11H,1,3H2,(H,12,13)/t4?,5-,6+/m1/s1. The van der Waals surface area contributed by atoms with Crippen LogP contribution in [-0.2, 0) is 9.53 Å². The molecule has 1 rings (SSSR count). The second-order valence-electron chi connectivity index (χ2n) is 3.05. The molecule has 0 spiro atoms. The van der Waals surface area contributed by atoms with Gasteiger partial charge in [0, 0.05) is 6.42 Å². The molecule has 1 aliphatic rings. The lowest BCUT2D eigenvalue weighted by molar-refractivity contribution is -0.142. The van der Waals surface area contributed by atoms with Gasteiger partial charge < -0.3 is 25.2 Å². The topological polar surface area (TPSA) is 107 Å². The summed E-state index contributed by atoms with van der Waals surface area (Å²) in [6.45, 7) is -0.537. The van der Waals surface area contributed by atoms with Crippen LogP contribution in [0.3, 0.4) is 0 Å². The van der Waals surface area contributed by atoms with Crippen LogP contribution in [-0.4, -0.2) is 51.3 Å². The van der Waals surface area contributed by atoms with Crippen molar-refractivity contribution < 1.29 is 30.0 Å². The number of hydrogen-bond donors (Lipinski definition) is 4. The van der Waals surface area contributed by atoms with Gasteiger partial charge in [0.15, 0.2) is 0 Å². The van der Waals surface area contributed by atoms with E-state index < -0.39 is 36.6 Å². The van der Waals surface area contributed by atoms with E-state index in [9.17, 15) is 15.0 Å². The fourth-order valence-electron chi connectivity index (χ4n) is 1.21. The largest absolute Gasteiger partial charge is 0.480 e. The van der Waals surface area contributed by atoms with Gasteiger partial charge in [-0.2, -0.15) is 0 Å². The molecule has 6 heteroatoms. The Morgan fingerprint density at radius 3 is 2.86 bits per heavy atom. The Kier molecular flexibility index (Phi) is 3.45. The number of rotatable bonds is 3. The lowest BCUT2D eigenvalue weighted by atomic mass is 10.0. The average Bonchev–Trinajstić information content (AvgIpc) is 2.15. The summed E-state index contributed by atoms with van der Waals surface area (Å²) in [5.74, 6) is -1.71. The van der Waals surface area contributed by atoms with Crippen molar-refractivity contribution in [2.24, 2.45) is 0 Å². The van der Waals surface area contributed by atoms with E-state index in [0.29, 0.717) is 0 Å². The fourth-order valence-corrected chi connectivity index (χ4v) is 1.21. The highest BCUT2D eigenvalue weighted by Gasteiger charge is 2.30. The van der Waals surface area contributed by atoms with Gasteiger partial charge in [0.05, 0.1) is 12.7 Å². The molecule has 0 saturated heterocycles. The van der Waals surface area contributed by atoms with Gasteiger partial charge in [-0.05, 0) is 6.08 Å². The van der Waals surface area contributed by atoms with E-state index in [4.69, 9.17) is 14.9 Å². The molecule has 0 aromatic rings. The number of ether oxygens (including phenoxy) is 1. The lowest BCUT2D eigenvalue weighted by Gasteiger charge is -2.28. The van der Waals surface area contributed by atoms with Crippen LogP contribution in [0.15, 0.2) is 11.8 Å². The number of hydrogen-bond acceptors (Lipinski definition) is 5. The molecule has 1 heterocycles. The highest BCUT2D eigenvalue weighted by Crippen LogP contribution is 2.20. The van der Waals surface area contributed by atoms with Crippen molar-refractivity contribution in [2.45, 2.75) is 24.7 Å². The number of aliphatic hydroxyl groups excluding tert-OH is 3. The van der Waals surface area contributed by atoms with Crippen molar-refractivity contribution in [3.05, 3.63) is 11.8 Å². The van der Waals surface area contributed by atoms with Gasteiger partial charge in [-0.3, -0.25) is 0 Å². The SMILES string of the molecule is O=C(O)C1=CC(O)C[C@@H]([C@H](O)CO)O1. The van der Waals surface area contributed by atoms with Crippen LogP contribution >= 0.6 is 0 Å². The third-order valence-corrected chi connectivity index (χ3v) is 1.92. The van der Waals surface area contributed by atoms with E-state index in [-0.39, 0.29) is 6.42 Å². The zero-order valence-electron chi connectivity index (χ0n) is 7.33. The summed E-state index contributed by atoms with van der Waals surface area (Å²) >= 11 is 0. The Morgan fingerprint density at radius 1 is 1.71 bits per heavy atom. The minimum Gasteiger partial charge on any atom is -0.480 e. The van der Waals surface area contributed by atoms with Crippen molar-refractivity contribution in [2.75, 3.05) is 6.61 Å². The summed E-state index contributed by atoms with van der Waals surface area (Å²) in [5.41, 5.74) is 0. The molecular formula is C8H12O6. The normalized spacial score (nSPS) is 28.9. The van der Waals surface area contributed by atoms with Gasteiger partial charge >= 0.3 is 5.97 Å². The Balaban J connectivity index is 2.70. The minimum atomic E-state index is -1.31. The average molecular weight is 204 g/mol. The Labute approximate surface area is 80.1 Å². The van der Waals surface area contributed by atoms with E-state index in [1.165, 1.54) is 0 Å². The van der Waals surface area contributed by atoms with Crippen LogP contribution in [0, 0.1) is 0 Å². The Hall–Kier alpha value is -1.11. The summed E-state index contributed by atoms with van der Waals surface area (Å²) in [4.78, 5) is 10.5. The number of carbonyl (C=O) groups is 1. The number of carboxylic acids is 1. The van der Waals surface area contributed by atoms with Crippen LogP contribution in [0.5, 0.6) is 0 Å². The maximum absolute atomic E-state index is 10.5. The first-order valence-corrected chi connectivity index (χ1v) is 4.13. The number of carboxylic acid groups (broad SMARTS) is 1. The predicted molar refractivity (Wildman–Crippen MR) is 44.3 cm³/mol. The van der Waals surface area contributed by atoms with Gasteiger partial charge in [-0.25, -0.2) is 4.79 Å². The van der Waals surface area contributed by atoms with Crippen LogP contribution in [0.2, 0.25) is 0 Å². The maximum atomic E-state index is 10.5. The van der Waals surface area contributed by atoms with Crippen molar-refractivity contribution >= 4 is 5.97 Å². The molecule has 6 nitrogen and oxygen atoms in total. The van der Waals surface area contributed by atoms with Gasteiger partial charge in [-0.15, -0.1) is 0 Å². The predicted octanol–water partition coefficient (Wildman–Crippen LogP) is -1.54. The first-order valence-electron chi connectivity index (χ1n) is 4.13. The molecule has 0 amide bonds. The van der Waals surface area contributed by atoms with E-state index >= 15 is 0 Å². The highest BCUT2D eigenvalue weighted by atomic mass is 16.5. The van der Waals surface area contributed by atoms with E-state index in [1.807, 2.05) is 0 Å². The van der Waals surface area contributed by atoms with Crippen LogP contribution in [0.4, 0.5) is 0 Å².